The highest BCUT2D eigenvalue weighted by molar-refractivity contribution is 6.32. The summed E-state index contributed by atoms with van der Waals surface area (Å²) >= 11 is 6.09. The zero-order valence-electron chi connectivity index (χ0n) is 15.6. The van der Waals surface area contributed by atoms with Gasteiger partial charge in [-0.3, -0.25) is 9.59 Å². The number of halogens is 1. The van der Waals surface area contributed by atoms with Gasteiger partial charge in [-0.25, -0.2) is 4.79 Å². The first-order valence-corrected chi connectivity index (χ1v) is 8.53. The molecule has 148 valence electrons. The molecule has 0 saturated heterocycles. The number of amides is 2. The minimum absolute atomic E-state index is 0.317. The van der Waals surface area contributed by atoms with Gasteiger partial charge in [-0.15, -0.1) is 0 Å². The first-order valence-electron chi connectivity index (χ1n) is 8.15. The summed E-state index contributed by atoms with van der Waals surface area (Å²) in [5, 5.41) is 5.32. The average molecular weight is 399 g/mol. The van der Waals surface area contributed by atoms with Gasteiger partial charge in [0.1, 0.15) is 6.04 Å². The fraction of sp³-hybridized carbons (Fsp3) is 0.389. The average Bonchev–Trinajstić information content (AvgIpc) is 2.64. The third kappa shape index (κ3) is 7.18. The van der Waals surface area contributed by atoms with Crippen molar-refractivity contribution in [3.63, 3.8) is 0 Å². The largest absolute Gasteiger partial charge is 0.493 e. The van der Waals surface area contributed by atoms with Crippen molar-refractivity contribution in [2.45, 2.75) is 19.9 Å². The predicted molar refractivity (Wildman–Crippen MR) is 101 cm³/mol. The van der Waals surface area contributed by atoms with Gasteiger partial charge in [0.25, 0.3) is 5.91 Å². The number of hydrogen-bond donors (Lipinski definition) is 2. The molecule has 1 rings (SSSR count). The third-order valence-electron chi connectivity index (χ3n) is 3.34. The van der Waals surface area contributed by atoms with Crippen LogP contribution < -0.4 is 20.1 Å². The normalized spacial score (nSPS) is 11.6. The maximum atomic E-state index is 11.7. The first kappa shape index (κ1) is 22.3. The van der Waals surface area contributed by atoms with Gasteiger partial charge in [0.05, 0.1) is 19.2 Å². The lowest BCUT2D eigenvalue weighted by atomic mass is 10.2. The molecule has 0 unspecified atom stereocenters. The van der Waals surface area contributed by atoms with E-state index >= 15 is 0 Å². The van der Waals surface area contributed by atoms with E-state index in [0.717, 1.165) is 6.08 Å². The number of benzene rings is 1. The summed E-state index contributed by atoms with van der Waals surface area (Å²) in [6, 6.07) is 2.50. The minimum Gasteiger partial charge on any atom is -0.493 e. The molecule has 1 aromatic rings. The zero-order valence-corrected chi connectivity index (χ0v) is 16.4. The molecule has 0 radical (unpaired) electrons. The van der Waals surface area contributed by atoms with Crippen LogP contribution in [0.4, 0.5) is 0 Å². The Morgan fingerprint density at radius 1 is 1.22 bits per heavy atom. The Morgan fingerprint density at radius 3 is 2.52 bits per heavy atom. The molecule has 2 N–H and O–H groups in total. The molecular weight excluding hydrogens is 376 g/mol. The van der Waals surface area contributed by atoms with E-state index in [1.54, 1.807) is 19.1 Å². The highest BCUT2D eigenvalue weighted by atomic mass is 35.5. The Kier molecular flexibility index (Phi) is 9.15. The maximum absolute atomic E-state index is 11.7. The van der Waals surface area contributed by atoms with Crippen molar-refractivity contribution in [1.82, 2.24) is 10.6 Å². The number of hydrogen-bond acceptors (Lipinski definition) is 6. The van der Waals surface area contributed by atoms with Crippen molar-refractivity contribution in [3.8, 4) is 11.5 Å². The fourth-order valence-electron chi connectivity index (χ4n) is 2.06. The van der Waals surface area contributed by atoms with Gasteiger partial charge in [0.2, 0.25) is 5.91 Å². The van der Waals surface area contributed by atoms with Crippen LogP contribution in [0.1, 0.15) is 19.4 Å². The topological polar surface area (TPSA) is 103 Å². The van der Waals surface area contributed by atoms with E-state index in [9.17, 15) is 14.4 Å². The first-order chi connectivity index (χ1) is 12.8. The summed E-state index contributed by atoms with van der Waals surface area (Å²) in [7, 11) is 2.94. The summed E-state index contributed by atoms with van der Waals surface area (Å²) in [5.74, 6) is -0.817. The number of rotatable bonds is 9. The van der Waals surface area contributed by atoms with E-state index in [1.165, 1.54) is 27.2 Å². The Balaban J connectivity index is 2.58. The van der Waals surface area contributed by atoms with E-state index in [2.05, 4.69) is 10.6 Å². The van der Waals surface area contributed by atoms with Crippen LogP contribution in [0.3, 0.4) is 0 Å². The summed E-state index contributed by atoms with van der Waals surface area (Å²) in [4.78, 5) is 35.0. The Labute approximate surface area is 162 Å². The van der Waals surface area contributed by atoms with Crippen molar-refractivity contribution in [2.24, 2.45) is 0 Å². The van der Waals surface area contributed by atoms with Crippen LogP contribution in [0.15, 0.2) is 18.2 Å². The van der Waals surface area contributed by atoms with Gasteiger partial charge < -0.3 is 24.8 Å². The summed E-state index contributed by atoms with van der Waals surface area (Å²) in [6.45, 7) is 3.26. The van der Waals surface area contributed by atoms with Crippen molar-refractivity contribution in [3.05, 3.63) is 28.8 Å². The van der Waals surface area contributed by atoms with Crippen LogP contribution in [-0.2, 0) is 19.1 Å². The molecule has 0 aliphatic rings. The highest BCUT2D eigenvalue weighted by Gasteiger charge is 2.15. The Morgan fingerprint density at radius 2 is 1.93 bits per heavy atom. The van der Waals surface area contributed by atoms with E-state index in [0.29, 0.717) is 28.6 Å². The summed E-state index contributed by atoms with van der Waals surface area (Å²) in [5.41, 5.74) is 0.587. The van der Waals surface area contributed by atoms with Crippen LogP contribution in [0.5, 0.6) is 11.5 Å². The number of methoxy groups -OCH3 is 2. The molecule has 0 heterocycles. The molecule has 1 atom stereocenters. The minimum atomic E-state index is -0.722. The Bertz CT molecular complexity index is 720. The number of esters is 1. The summed E-state index contributed by atoms with van der Waals surface area (Å²) < 4.78 is 15.1. The standard InChI is InChI=1S/C18H23ClN2O6/c1-5-20-18(24)11(2)21-15(22)10-27-16(23)7-6-12-8-13(19)17(26-4)14(9-12)25-3/h6-9,11H,5,10H2,1-4H3,(H,20,24)(H,21,22)/b7-6+/t11-/m0/s1. The number of ether oxygens (including phenoxy) is 3. The molecule has 0 aliphatic carbocycles. The molecule has 0 bridgehead atoms. The van der Waals surface area contributed by atoms with Crippen LogP contribution in [0, 0.1) is 0 Å². The molecule has 2 amide bonds. The van der Waals surface area contributed by atoms with Crippen LogP contribution in [0.2, 0.25) is 5.02 Å². The zero-order chi connectivity index (χ0) is 20.4. The van der Waals surface area contributed by atoms with Crippen molar-refractivity contribution in [1.29, 1.82) is 0 Å². The van der Waals surface area contributed by atoms with Gasteiger partial charge in [0.15, 0.2) is 18.1 Å². The van der Waals surface area contributed by atoms with Crippen LogP contribution in [-0.4, -0.2) is 51.2 Å². The lowest BCUT2D eigenvalue weighted by Gasteiger charge is -2.13. The van der Waals surface area contributed by atoms with E-state index in [4.69, 9.17) is 25.8 Å². The maximum Gasteiger partial charge on any atom is 0.331 e. The quantitative estimate of drug-likeness (QED) is 0.483. The Hall–Kier alpha value is -2.74. The second kappa shape index (κ2) is 11.1. The molecule has 9 heteroatoms. The van der Waals surface area contributed by atoms with Crippen molar-refractivity contribution < 1.29 is 28.6 Å². The second-order valence-electron chi connectivity index (χ2n) is 5.36. The van der Waals surface area contributed by atoms with Gasteiger partial charge >= 0.3 is 5.97 Å². The number of nitrogens with one attached hydrogen (secondary N) is 2. The molecule has 0 saturated carbocycles. The highest BCUT2D eigenvalue weighted by Crippen LogP contribution is 2.36. The van der Waals surface area contributed by atoms with E-state index in [-0.39, 0.29) is 5.91 Å². The van der Waals surface area contributed by atoms with Crippen LogP contribution >= 0.6 is 11.6 Å². The molecular formula is C18H23ClN2O6. The van der Waals surface area contributed by atoms with Crippen molar-refractivity contribution >= 4 is 35.5 Å². The predicted octanol–water partition coefficient (Wildman–Crippen LogP) is 1.55. The van der Waals surface area contributed by atoms with Gasteiger partial charge in [0, 0.05) is 12.6 Å². The number of carbonyl (C=O) groups is 3. The molecule has 0 aromatic heterocycles. The van der Waals surface area contributed by atoms with Gasteiger partial charge in [-0.2, -0.15) is 0 Å². The molecule has 8 nitrogen and oxygen atoms in total. The van der Waals surface area contributed by atoms with Gasteiger partial charge in [-0.1, -0.05) is 11.6 Å². The molecule has 1 aromatic carbocycles. The monoisotopic (exact) mass is 398 g/mol. The molecule has 0 spiro atoms. The van der Waals surface area contributed by atoms with Gasteiger partial charge in [-0.05, 0) is 37.6 Å². The fourth-order valence-corrected chi connectivity index (χ4v) is 2.36. The number of likely N-dealkylation sites (N-methyl/N-ethyl adjacent to an activating group) is 1. The SMILES string of the molecule is CCNC(=O)[C@H](C)NC(=O)COC(=O)/C=C/c1cc(Cl)c(OC)c(OC)c1. The lowest BCUT2D eigenvalue weighted by molar-refractivity contribution is -0.144. The summed E-state index contributed by atoms with van der Waals surface area (Å²) in [6.07, 6.45) is 2.61. The third-order valence-corrected chi connectivity index (χ3v) is 3.62. The lowest BCUT2D eigenvalue weighted by Crippen LogP contribution is -2.46. The van der Waals surface area contributed by atoms with Crippen molar-refractivity contribution in [2.75, 3.05) is 27.4 Å². The number of carbonyl (C=O) groups excluding carboxylic acids is 3. The smallest absolute Gasteiger partial charge is 0.331 e. The van der Waals surface area contributed by atoms with E-state index in [1.807, 2.05) is 0 Å². The second-order valence-corrected chi connectivity index (χ2v) is 5.77. The van der Waals surface area contributed by atoms with E-state index < -0.39 is 24.5 Å². The van der Waals surface area contributed by atoms with Crippen LogP contribution in [0.25, 0.3) is 6.08 Å². The molecule has 0 aliphatic heterocycles. The molecule has 27 heavy (non-hydrogen) atoms. The molecule has 0 fully saturated rings.